The van der Waals surface area contributed by atoms with Crippen molar-refractivity contribution in [1.29, 1.82) is 0 Å². The second kappa shape index (κ2) is 6.74. The zero-order valence-electron chi connectivity index (χ0n) is 10.3. The van der Waals surface area contributed by atoms with Gasteiger partial charge in [0.25, 0.3) is 0 Å². The van der Waals surface area contributed by atoms with Crippen molar-refractivity contribution >= 4 is 12.0 Å². The van der Waals surface area contributed by atoms with Crippen LogP contribution in [0.15, 0.2) is 18.2 Å². The minimum Gasteiger partial charge on any atom is -0.494 e. The van der Waals surface area contributed by atoms with Gasteiger partial charge in [-0.25, -0.2) is 4.39 Å². The van der Waals surface area contributed by atoms with E-state index in [2.05, 4.69) is 5.32 Å². The zero-order valence-corrected chi connectivity index (χ0v) is 10.3. The first-order valence-corrected chi connectivity index (χ1v) is 5.48. The van der Waals surface area contributed by atoms with Gasteiger partial charge in [0.1, 0.15) is 0 Å². The van der Waals surface area contributed by atoms with E-state index < -0.39 is 11.6 Å². The van der Waals surface area contributed by atoms with Gasteiger partial charge in [-0.1, -0.05) is 12.2 Å². The largest absolute Gasteiger partial charge is 0.494 e. The van der Waals surface area contributed by atoms with Crippen LogP contribution in [0.1, 0.15) is 18.9 Å². The molecular weight excluding hydrogens is 240 g/mol. The molecule has 1 N–H and O–H groups in total. The Morgan fingerprint density at radius 1 is 1.44 bits per heavy atom. The smallest absolute Gasteiger partial charge is 0.216 e. The normalized spacial score (nSPS) is 10.7. The summed E-state index contributed by atoms with van der Waals surface area (Å²) >= 11 is 0. The van der Waals surface area contributed by atoms with Crippen molar-refractivity contribution in [1.82, 2.24) is 5.32 Å². The van der Waals surface area contributed by atoms with Crippen molar-refractivity contribution < 1.29 is 18.3 Å². The lowest BCUT2D eigenvalue weighted by atomic mass is 10.1. The van der Waals surface area contributed by atoms with Crippen LogP contribution in [-0.2, 0) is 4.79 Å². The molecule has 98 valence electrons. The Kier molecular flexibility index (Phi) is 5.30. The van der Waals surface area contributed by atoms with Gasteiger partial charge >= 0.3 is 0 Å². The van der Waals surface area contributed by atoms with Gasteiger partial charge in [0, 0.05) is 13.5 Å². The minimum absolute atomic E-state index is 0.0992. The maximum atomic E-state index is 13.2. The molecule has 1 amide bonds. The van der Waals surface area contributed by atoms with Crippen LogP contribution in [0.25, 0.3) is 6.08 Å². The number of hydrogen-bond acceptors (Lipinski definition) is 2. The van der Waals surface area contributed by atoms with E-state index in [-0.39, 0.29) is 11.7 Å². The third-order valence-corrected chi connectivity index (χ3v) is 2.23. The summed E-state index contributed by atoms with van der Waals surface area (Å²) in [4.78, 5) is 10.6. The molecule has 3 nitrogen and oxygen atoms in total. The average molecular weight is 255 g/mol. The summed E-state index contributed by atoms with van der Waals surface area (Å²) in [5.41, 5.74) is 0.508. The highest BCUT2D eigenvalue weighted by Gasteiger charge is 2.09. The number of amides is 1. The van der Waals surface area contributed by atoms with E-state index in [1.165, 1.54) is 20.1 Å². The third kappa shape index (κ3) is 4.16. The maximum absolute atomic E-state index is 13.2. The van der Waals surface area contributed by atoms with Crippen molar-refractivity contribution in [3.63, 3.8) is 0 Å². The van der Waals surface area contributed by atoms with Crippen LogP contribution in [0.3, 0.4) is 0 Å². The molecule has 1 rings (SSSR count). The van der Waals surface area contributed by atoms with Gasteiger partial charge in [-0.15, -0.1) is 0 Å². The molecule has 0 unspecified atom stereocenters. The van der Waals surface area contributed by atoms with E-state index >= 15 is 0 Å². The molecule has 1 aromatic carbocycles. The van der Waals surface area contributed by atoms with Crippen LogP contribution >= 0.6 is 0 Å². The van der Waals surface area contributed by atoms with Crippen LogP contribution in [-0.4, -0.2) is 19.6 Å². The lowest BCUT2D eigenvalue weighted by Gasteiger charge is -2.04. The van der Waals surface area contributed by atoms with Crippen molar-refractivity contribution in [3.8, 4) is 5.75 Å². The first-order chi connectivity index (χ1) is 8.54. The molecule has 0 heterocycles. The monoisotopic (exact) mass is 255 g/mol. The Morgan fingerprint density at radius 3 is 2.78 bits per heavy atom. The van der Waals surface area contributed by atoms with Gasteiger partial charge in [0.2, 0.25) is 11.7 Å². The molecule has 0 fully saturated rings. The van der Waals surface area contributed by atoms with Gasteiger partial charge in [-0.2, -0.15) is 4.39 Å². The quantitative estimate of drug-likeness (QED) is 0.821. The van der Waals surface area contributed by atoms with Gasteiger partial charge in [-0.3, -0.25) is 4.79 Å². The Hall–Kier alpha value is -1.91. The van der Waals surface area contributed by atoms with Crippen LogP contribution < -0.4 is 10.1 Å². The molecule has 0 aromatic heterocycles. The molecule has 0 bridgehead atoms. The summed E-state index contributed by atoms with van der Waals surface area (Å²) in [5.74, 6) is -2.17. The summed E-state index contributed by atoms with van der Waals surface area (Å²) in [7, 11) is 1.28. The first-order valence-electron chi connectivity index (χ1n) is 5.48. The number of nitrogens with one attached hydrogen (secondary N) is 1. The molecule has 5 heteroatoms. The molecular formula is C13H15F2NO2. The van der Waals surface area contributed by atoms with E-state index in [0.29, 0.717) is 18.5 Å². The zero-order chi connectivity index (χ0) is 13.5. The number of carbonyl (C=O) groups excluding carboxylic acids is 1. The summed E-state index contributed by atoms with van der Waals surface area (Å²) in [6, 6.07) is 2.50. The number of halogens is 2. The second-order valence-electron chi connectivity index (χ2n) is 3.69. The predicted octanol–water partition coefficient (Wildman–Crippen LogP) is 2.51. The van der Waals surface area contributed by atoms with E-state index in [1.807, 2.05) is 0 Å². The molecule has 0 aliphatic rings. The Balaban J connectivity index is 2.64. The fourth-order valence-corrected chi connectivity index (χ4v) is 1.38. The van der Waals surface area contributed by atoms with E-state index in [9.17, 15) is 13.6 Å². The lowest BCUT2D eigenvalue weighted by Crippen LogP contribution is -2.20. The highest BCUT2D eigenvalue weighted by molar-refractivity contribution is 5.72. The molecule has 0 radical (unpaired) electrons. The molecule has 0 aliphatic heterocycles. The van der Waals surface area contributed by atoms with Crippen LogP contribution in [0.2, 0.25) is 0 Å². The number of rotatable bonds is 5. The minimum atomic E-state index is -0.993. The van der Waals surface area contributed by atoms with Gasteiger partial charge < -0.3 is 10.1 Å². The van der Waals surface area contributed by atoms with Gasteiger partial charge in [0.05, 0.1) is 7.11 Å². The molecule has 0 aliphatic carbocycles. The average Bonchev–Trinajstić information content (AvgIpc) is 2.32. The van der Waals surface area contributed by atoms with Gasteiger partial charge in [-0.05, 0) is 24.1 Å². The fraction of sp³-hybridized carbons (Fsp3) is 0.308. The summed E-state index contributed by atoms with van der Waals surface area (Å²) < 4.78 is 31.0. The highest BCUT2D eigenvalue weighted by atomic mass is 19.2. The number of ether oxygens (including phenoxy) is 1. The molecule has 0 atom stereocenters. The van der Waals surface area contributed by atoms with E-state index in [1.54, 1.807) is 12.2 Å². The fourth-order valence-electron chi connectivity index (χ4n) is 1.38. The lowest BCUT2D eigenvalue weighted by molar-refractivity contribution is -0.118. The Bertz CT molecular complexity index is 459. The van der Waals surface area contributed by atoms with Crippen LogP contribution in [0, 0.1) is 11.6 Å². The Morgan fingerprint density at radius 2 is 2.17 bits per heavy atom. The van der Waals surface area contributed by atoms with Crippen molar-refractivity contribution in [2.75, 3.05) is 13.7 Å². The number of methoxy groups -OCH3 is 1. The summed E-state index contributed by atoms with van der Waals surface area (Å²) in [5, 5.41) is 2.63. The van der Waals surface area contributed by atoms with Gasteiger partial charge in [0.15, 0.2) is 11.6 Å². The molecule has 0 saturated carbocycles. The van der Waals surface area contributed by atoms with Crippen LogP contribution in [0.4, 0.5) is 8.78 Å². The topological polar surface area (TPSA) is 38.3 Å². The van der Waals surface area contributed by atoms with Crippen LogP contribution in [0.5, 0.6) is 5.75 Å². The number of benzene rings is 1. The first kappa shape index (κ1) is 14.2. The van der Waals surface area contributed by atoms with E-state index in [0.717, 1.165) is 6.07 Å². The van der Waals surface area contributed by atoms with E-state index in [4.69, 9.17) is 4.74 Å². The summed E-state index contributed by atoms with van der Waals surface area (Å²) in [6.07, 6.45) is 4.02. The Labute approximate surface area is 104 Å². The standard InChI is InChI=1S/C13H15F2NO2/c1-9(17)16-6-4-3-5-10-7-11(14)13(15)12(8-10)18-2/h3,5,7-8H,4,6H2,1-2H3,(H,16,17). The summed E-state index contributed by atoms with van der Waals surface area (Å²) in [6.45, 7) is 1.94. The highest BCUT2D eigenvalue weighted by Crippen LogP contribution is 2.22. The maximum Gasteiger partial charge on any atom is 0.216 e. The molecule has 18 heavy (non-hydrogen) atoms. The second-order valence-corrected chi connectivity index (χ2v) is 3.69. The SMILES string of the molecule is COc1cc(C=CCCNC(C)=O)cc(F)c1F. The molecule has 0 spiro atoms. The van der Waals surface area contributed by atoms with Crippen molar-refractivity contribution in [2.45, 2.75) is 13.3 Å². The number of carbonyl (C=O) groups is 1. The number of hydrogen-bond donors (Lipinski definition) is 1. The van der Waals surface area contributed by atoms with Crippen molar-refractivity contribution in [2.24, 2.45) is 0 Å². The third-order valence-electron chi connectivity index (χ3n) is 2.23. The molecule has 0 saturated heterocycles. The predicted molar refractivity (Wildman–Crippen MR) is 65.2 cm³/mol. The van der Waals surface area contributed by atoms with Crippen molar-refractivity contribution in [3.05, 3.63) is 35.4 Å². The molecule has 1 aromatic rings.